The Bertz CT molecular complexity index is 597. The van der Waals surface area contributed by atoms with Crippen molar-refractivity contribution in [1.29, 1.82) is 0 Å². The molecule has 106 valence electrons. The third-order valence-corrected chi connectivity index (χ3v) is 2.82. The average molecular weight is 277 g/mol. The lowest BCUT2D eigenvalue weighted by atomic mass is 10.1. The van der Waals surface area contributed by atoms with Crippen LogP contribution in [0.15, 0.2) is 28.8 Å². The monoisotopic (exact) mass is 277 g/mol. The van der Waals surface area contributed by atoms with Crippen molar-refractivity contribution >= 4 is 5.97 Å². The van der Waals surface area contributed by atoms with Crippen LogP contribution in [0.1, 0.15) is 18.2 Å². The van der Waals surface area contributed by atoms with E-state index in [2.05, 4.69) is 10.1 Å². The van der Waals surface area contributed by atoms with Crippen LogP contribution in [0.5, 0.6) is 5.75 Å². The molecular formula is C13H15N3O4. The van der Waals surface area contributed by atoms with Gasteiger partial charge in [0.1, 0.15) is 11.7 Å². The highest BCUT2D eigenvalue weighted by molar-refractivity contribution is 5.74. The summed E-state index contributed by atoms with van der Waals surface area (Å²) in [6.45, 7) is 0.230. The van der Waals surface area contributed by atoms with Crippen LogP contribution in [-0.4, -0.2) is 34.9 Å². The van der Waals surface area contributed by atoms with Crippen molar-refractivity contribution in [2.75, 3.05) is 13.7 Å². The summed E-state index contributed by atoms with van der Waals surface area (Å²) in [5.74, 6) is -0.878. The molecule has 0 fully saturated rings. The zero-order valence-corrected chi connectivity index (χ0v) is 10.9. The highest BCUT2D eigenvalue weighted by atomic mass is 16.5. The molecule has 0 aliphatic rings. The van der Waals surface area contributed by atoms with Crippen molar-refractivity contribution in [2.24, 2.45) is 5.73 Å². The maximum atomic E-state index is 11.1. The van der Waals surface area contributed by atoms with Gasteiger partial charge in [0.25, 0.3) is 0 Å². The molecule has 20 heavy (non-hydrogen) atoms. The Morgan fingerprint density at radius 1 is 1.55 bits per heavy atom. The minimum absolute atomic E-state index is 0.0563. The summed E-state index contributed by atoms with van der Waals surface area (Å²) in [4.78, 5) is 15.3. The molecule has 7 nitrogen and oxygen atoms in total. The van der Waals surface area contributed by atoms with Gasteiger partial charge in [0, 0.05) is 5.56 Å². The third-order valence-electron chi connectivity index (χ3n) is 2.82. The van der Waals surface area contributed by atoms with Gasteiger partial charge in [0.15, 0.2) is 0 Å². The fourth-order valence-corrected chi connectivity index (χ4v) is 1.78. The first-order valence-electron chi connectivity index (χ1n) is 6.06. The Balaban J connectivity index is 2.29. The normalized spacial score (nSPS) is 12.1. The molecule has 0 radical (unpaired) electrons. The topological polar surface area (TPSA) is 111 Å². The summed E-state index contributed by atoms with van der Waals surface area (Å²) in [5.41, 5.74) is 6.08. The predicted molar refractivity (Wildman–Crippen MR) is 70.3 cm³/mol. The maximum absolute atomic E-state index is 11.1. The number of benzene rings is 1. The van der Waals surface area contributed by atoms with Gasteiger partial charge in [0.05, 0.1) is 7.11 Å². The Labute approximate surface area is 115 Å². The Morgan fingerprint density at radius 2 is 2.35 bits per heavy atom. The number of hydrogen-bond donors (Lipinski definition) is 2. The molecule has 2 aromatic rings. The Morgan fingerprint density at radius 3 is 3.00 bits per heavy atom. The summed E-state index contributed by atoms with van der Waals surface area (Å²) in [6.07, 6.45) is 0.245. The second-order valence-electron chi connectivity index (χ2n) is 4.16. The number of aliphatic carboxylic acids is 1. The molecule has 0 saturated heterocycles. The van der Waals surface area contributed by atoms with Crippen molar-refractivity contribution in [3.05, 3.63) is 30.2 Å². The molecule has 1 heterocycles. The number of ether oxygens (including phenoxy) is 1. The van der Waals surface area contributed by atoms with Gasteiger partial charge in [-0.1, -0.05) is 17.3 Å². The van der Waals surface area contributed by atoms with Crippen LogP contribution in [-0.2, 0) is 4.79 Å². The predicted octanol–water partition coefficient (Wildman–Crippen LogP) is 1.26. The van der Waals surface area contributed by atoms with Crippen LogP contribution in [0, 0.1) is 0 Å². The highest BCUT2D eigenvalue weighted by Crippen LogP contribution is 2.24. The summed E-state index contributed by atoms with van der Waals surface area (Å²) in [5, 5.41) is 12.9. The molecule has 3 N–H and O–H groups in total. The van der Waals surface area contributed by atoms with Gasteiger partial charge in [-0.25, -0.2) is 0 Å². The van der Waals surface area contributed by atoms with Crippen LogP contribution < -0.4 is 10.5 Å². The third kappa shape index (κ3) is 2.94. The van der Waals surface area contributed by atoms with Crippen molar-refractivity contribution < 1.29 is 19.2 Å². The minimum atomic E-state index is -1.03. The Kier molecular flexibility index (Phi) is 4.31. The van der Waals surface area contributed by atoms with Gasteiger partial charge in [-0.3, -0.25) is 4.79 Å². The number of methoxy groups -OCH3 is 1. The van der Waals surface area contributed by atoms with E-state index in [1.165, 1.54) is 0 Å². The summed E-state index contributed by atoms with van der Waals surface area (Å²) < 4.78 is 10.1. The molecule has 0 aliphatic heterocycles. The SMILES string of the molecule is COc1cccc(-c2noc(C(CCN)C(=O)O)n2)c1. The van der Waals surface area contributed by atoms with Gasteiger partial charge in [-0.05, 0) is 25.1 Å². The van der Waals surface area contributed by atoms with Crippen LogP contribution in [0.3, 0.4) is 0 Å². The van der Waals surface area contributed by atoms with E-state index in [1.54, 1.807) is 31.4 Å². The lowest BCUT2D eigenvalue weighted by molar-refractivity contribution is -0.139. The standard InChI is InChI=1S/C13H15N3O4/c1-19-9-4-2-3-8(7-9)11-15-12(20-16-11)10(5-6-14)13(17)18/h2-4,7,10H,5-6,14H2,1H3,(H,17,18). The number of carboxylic acids is 1. The summed E-state index contributed by atoms with van der Waals surface area (Å²) in [7, 11) is 1.56. The molecular weight excluding hydrogens is 262 g/mol. The molecule has 1 aromatic carbocycles. The van der Waals surface area contributed by atoms with Gasteiger partial charge in [-0.15, -0.1) is 0 Å². The molecule has 0 aliphatic carbocycles. The number of aromatic nitrogens is 2. The number of nitrogens with zero attached hydrogens (tertiary/aromatic N) is 2. The molecule has 0 amide bonds. The number of carboxylic acid groups (broad SMARTS) is 1. The van der Waals surface area contributed by atoms with Crippen LogP contribution >= 0.6 is 0 Å². The minimum Gasteiger partial charge on any atom is -0.497 e. The zero-order valence-electron chi connectivity index (χ0n) is 10.9. The molecule has 1 atom stereocenters. The van der Waals surface area contributed by atoms with E-state index in [0.29, 0.717) is 17.1 Å². The average Bonchev–Trinajstić information content (AvgIpc) is 2.94. The van der Waals surface area contributed by atoms with Crippen molar-refractivity contribution in [3.63, 3.8) is 0 Å². The molecule has 0 spiro atoms. The fourth-order valence-electron chi connectivity index (χ4n) is 1.78. The lowest BCUT2D eigenvalue weighted by Gasteiger charge is -2.04. The van der Waals surface area contributed by atoms with Crippen LogP contribution in [0.25, 0.3) is 11.4 Å². The Hall–Kier alpha value is -2.41. The number of rotatable bonds is 6. The van der Waals surface area contributed by atoms with E-state index in [4.69, 9.17) is 20.1 Å². The first-order valence-corrected chi connectivity index (χ1v) is 6.06. The van der Waals surface area contributed by atoms with Crippen LogP contribution in [0.2, 0.25) is 0 Å². The second kappa shape index (κ2) is 6.16. The summed E-state index contributed by atoms with van der Waals surface area (Å²) in [6, 6.07) is 7.11. The van der Waals surface area contributed by atoms with E-state index < -0.39 is 11.9 Å². The molecule has 7 heteroatoms. The van der Waals surface area contributed by atoms with Gasteiger partial charge < -0.3 is 20.1 Å². The van der Waals surface area contributed by atoms with Crippen molar-refractivity contribution in [2.45, 2.75) is 12.3 Å². The van der Waals surface area contributed by atoms with Gasteiger partial charge in [0.2, 0.25) is 11.7 Å². The molecule has 0 saturated carbocycles. The molecule has 1 unspecified atom stereocenters. The summed E-state index contributed by atoms with van der Waals surface area (Å²) >= 11 is 0. The smallest absolute Gasteiger partial charge is 0.316 e. The lowest BCUT2D eigenvalue weighted by Crippen LogP contribution is -2.16. The van der Waals surface area contributed by atoms with E-state index in [0.717, 1.165) is 0 Å². The van der Waals surface area contributed by atoms with Crippen molar-refractivity contribution in [1.82, 2.24) is 10.1 Å². The number of nitrogens with two attached hydrogens (primary N) is 1. The van der Waals surface area contributed by atoms with E-state index in [-0.39, 0.29) is 18.9 Å². The number of hydrogen-bond acceptors (Lipinski definition) is 6. The largest absolute Gasteiger partial charge is 0.497 e. The second-order valence-corrected chi connectivity index (χ2v) is 4.16. The van der Waals surface area contributed by atoms with Gasteiger partial charge in [-0.2, -0.15) is 4.98 Å². The molecule has 2 rings (SSSR count). The van der Waals surface area contributed by atoms with E-state index in [9.17, 15) is 4.79 Å². The first kappa shape index (κ1) is 14.0. The fraction of sp³-hybridized carbons (Fsp3) is 0.308. The van der Waals surface area contributed by atoms with Crippen LogP contribution in [0.4, 0.5) is 0 Å². The van der Waals surface area contributed by atoms with E-state index >= 15 is 0 Å². The zero-order chi connectivity index (χ0) is 14.5. The molecule has 0 bridgehead atoms. The van der Waals surface area contributed by atoms with E-state index in [1.807, 2.05) is 0 Å². The molecule has 1 aromatic heterocycles. The van der Waals surface area contributed by atoms with Gasteiger partial charge >= 0.3 is 5.97 Å². The van der Waals surface area contributed by atoms with Crippen molar-refractivity contribution in [3.8, 4) is 17.1 Å². The highest BCUT2D eigenvalue weighted by Gasteiger charge is 2.25. The first-order chi connectivity index (χ1) is 9.65. The maximum Gasteiger partial charge on any atom is 0.316 e. The number of carbonyl (C=O) groups is 1. The quantitative estimate of drug-likeness (QED) is 0.817.